The molecule has 1 N–H and O–H groups in total. The Bertz CT molecular complexity index is 428. The van der Waals surface area contributed by atoms with E-state index in [0.717, 1.165) is 38.8 Å². The first kappa shape index (κ1) is 17.2. The van der Waals surface area contributed by atoms with Crippen molar-refractivity contribution in [1.82, 2.24) is 13.9 Å². The van der Waals surface area contributed by atoms with E-state index in [9.17, 15) is 8.42 Å². The second-order valence-electron chi connectivity index (χ2n) is 7.26. The molecule has 0 aromatic rings. The highest BCUT2D eigenvalue weighted by Crippen LogP contribution is 2.31. The maximum absolute atomic E-state index is 12.8. The number of hydrogen-bond acceptors (Lipinski definition) is 3. The van der Waals surface area contributed by atoms with E-state index in [4.69, 9.17) is 0 Å². The van der Waals surface area contributed by atoms with Crippen LogP contribution in [0, 0.1) is 11.3 Å². The summed E-state index contributed by atoms with van der Waals surface area (Å²) in [5, 5.41) is 3.37. The summed E-state index contributed by atoms with van der Waals surface area (Å²) in [6.07, 6.45) is 4.04. The van der Waals surface area contributed by atoms with Crippen molar-refractivity contribution in [2.24, 2.45) is 11.3 Å². The molecule has 0 aliphatic carbocycles. The first-order valence-corrected chi connectivity index (χ1v) is 9.71. The summed E-state index contributed by atoms with van der Waals surface area (Å²) in [4.78, 5) is 0. The van der Waals surface area contributed by atoms with Gasteiger partial charge in [0.1, 0.15) is 0 Å². The zero-order valence-corrected chi connectivity index (χ0v) is 14.6. The molecule has 0 amide bonds. The van der Waals surface area contributed by atoms with Crippen LogP contribution in [-0.4, -0.2) is 56.3 Å². The van der Waals surface area contributed by atoms with Gasteiger partial charge in [-0.1, -0.05) is 20.8 Å². The minimum atomic E-state index is -3.25. The lowest BCUT2D eigenvalue weighted by atomic mass is 9.85. The molecule has 21 heavy (non-hydrogen) atoms. The predicted octanol–water partition coefficient (Wildman–Crippen LogP) is 1.67. The van der Waals surface area contributed by atoms with Crippen molar-refractivity contribution in [1.29, 1.82) is 0 Å². The number of nitrogens with zero attached hydrogens (tertiary/aromatic N) is 2. The largest absolute Gasteiger partial charge is 0.317 e. The summed E-state index contributed by atoms with van der Waals surface area (Å²) < 4.78 is 29.0. The lowest BCUT2D eigenvalue weighted by Crippen LogP contribution is -2.52. The van der Waals surface area contributed by atoms with E-state index < -0.39 is 10.2 Å². The van der Waals surface area contributed by atoms with E-state index in [1.54, 1.807) is 8.61 Å². The average Bonchev–Trinajstić information content (AvgIpc) is 2.44. The molecule has 0 bridgehead atoms. The molecule has 0 aromatic heterocycles. The number of hydrogen-bond donors (Lipinski definition) is 1. The highest BCUT2D eigenvalue weighted by atomic mass is 32.2. The fraction of sp³-hybridized carbons (Fsp3) is 1.00. The van der Waals surface area contributed by atoms with Crippen molar-refractivity contribution in [2.75, 3.05) is 39.3 Å². The van der Waals surface area contributed by atoms with E-state index in [0.29, 0.717) is 32.1 Å². The van der Waals surface area contributed by atoms with E-state index >= 15 is 0 Å². The summed E-state index contributed by atoms with van der Waals surface area (Å²) in [5.41, 5.74) is 0.106. The molecule has 2 aliphatic heterocycles. The highest BCUT2D eigenvalue weighted by Gasteiger charge is 2.37. The van der Waals surface area contributed by atoms with Crippen molar-refractivity contribution in [3.8, 4) is 0 Å². The molecule has 2 heterocycles. The summed E-state index contributed by atoms with van der Waals surface area (Å²) in [6, 6.07) is 0. The van der Waals surface area contributed by atoms with Crippen LogP contribution in [0.5, 0.6) is 0 Å². The Morgan fingerprint density at radius 1 is 1.14 bits per heavy atom. The lowest BCUT2D eigenvalue weighted by Gasteiger charge is -2.41. The van der Waals surface area contributed by atoms with Gasteiger partial charge < -0.3 is 5.32 Å². The molecule has 5 nitrogen and oxygen atoms in total. The normalized spacial score (nSPS) is 26.0. The van der Waals surface area contributed by atoms with E-state index in [-0.39, 0.29) is 5.41 Å². The highest BCUT2D eigenvalue weighted by molar-refractivity contribution is 7.86. The summed E-state index contributed by atoms with van der Waals surface area (Å²) >= 11 is 0. The van der Waals surface area contributed by atoms with Crippen LogP contribution in [0.25, 0.3) is 0 Å². The SMILES string of the molecule is CCNCC1CCN(S(=O)(=O)N2CCCC(C)(C)C2)CC1. The Morgan fingerprint density at radius 3 is 2.38 bits per heavy atom. The van der Waals surface area contributed by atoms with Gasteiger partial charge in [-0.2, -0.15) is 17.0 Å². The molecule has 0 aromatic carbocycles. The summed E-state index contributed by atoms with van der Waals surface area (Å²) in [6.45, 7) is 11.1. The monoisotopic (exact) mass is 317 g/mol. The molecule has 6 heteroatoms. The second kappa shape index (κ2) is 6.94. The van der Waals surface area contributed by atoms with Crippen molar-refractivity contribution >= 4 is 10.2 Å². The fourth-order valence-electron chi connectivity index (χ4n) is 3.42. The standard InChI is InChI=1S/C15H31N3O2S/c1-4-16-12-14-6-10-17(11-7-14)21(19,20)18-9-5-8-15(2,3)13-18/h14,16H,4-13H2,1-3H3. The Morgan fingerprint density at radius 2 is 1.81 bits per heavy atom. The van der Waals surface area contributed by atoms with Crippen LogP contribution in [0.15, 0.2) is 0 Å². The van der Waals surface area contributed by atoms with E-state index in [1.165, 1.54) is 0 Å². The third-order valence-electron chi connectivity index (χ3n) is 4.77. The second-order valence-corrected chi connectivity index (χ2v) is 9.19. The predicted molar refractivity (Wildman–Crippen MR) is 86.3 cm³/mol. The topological polar surface area (TPSA) is 52.7 Å². The molecular formula is C15H31N3O2S. The molecule has 2 aliphatic rings. The summed E-state index contributed by atoms with van der Waals surface area (Å²) in [7, 11) is -3.25. The fourth-order valence-corrected chi connectivity index (χ4v) is 5.29. The molecule has 2 fully saturated rings. The van der Waals surface area contributed by atoms with Gasteiger partial charge in [0.2, 0.25) is 0 Å². The Kier molecular flexibility index (Phi) is 5.68. The number of nitrogens with one attached hydrogen (secondary N) is 1. The van der Waals surface area contributed by atoms with Crippen molar-refractivity contribution in [2.45, 2.75) is 46.5 Å². The van der Waals surface area contributed by atoms with Crippen LogP contribution in [0.2, 0.25) is 0 Å². The molecule has 0 unspecified atom stereocenters. The van der Waals surface area contributed by atoms with Crippen molar-refractivity contribution < 1.29 is 8.42 Å². The molecule has 2 rings (SSSR count). The Balaban J connectivity index is 1.92. The molecule has 0 saturated carbocycles. The molecule has 124 valence electrons. The van der Waals surface area contributed by atoms with Gasteiger partial charge in [0.25, 0.3) is 10.2 Å². The molecule has 0 radical (unpaired) electrons. The smallest absolute Gasteiger partial charge is 0.281 e. The van der Waals surface area contributed by atoms with Gasteiger partial charge >= 0.3 is 0 Å². The maximum atomic E-state index is 12.8. The Labute approximate surface area is 130 Å². The van der Waals surface area contributed by atoms with E-state index in [1.807, 2.05) is 0 Å². The van der Waals surface area contributed by atoms with Crippen LogP contribution in [0.3, 0.4) is 0 Å². The van der Waals surface area contributed by atoms with Gasteiger partial charge in [-0.25, -0.2) is 0 Å². The molecule has 2 saturated heterocycles. The maximum Gasteiger partial charge on any atom is 0.281 e. The van der Waals surface area contributed by atoms with Crippen LogP contribution in [0.4, 0.5) is 0 Å². The van der Waals surface area contributed by atoms with Gasteiger partial charge in [-0.15, -0.1) is 0 Å². The van der Waals surface area contributed by atoms with Crippen molar-refractivity contribution in [3.05, 3.63) is 0 Å². The first-order chi connectivity index (χ1) is 9.85. The van der Waals surface area contributed by atoms with Gasteiger partial charge in [-0.05, 0) is 50.1 Å². The van der Waals surface area contributed by atoms with Crippen LogP contribution in [0.1, 0.15) is 46.5 Å². The third kappa shape index (κ3) is 4.41. The lowest BCUT2D eigenvalue weighted by molar-refractivity contribution is 0.170. The van der Waals surface area contributed by atoms with Crippen LogP contribution >= 0.6 is 0 Å². The van der Waals surface area contributed by atoms with Gasteiger partial charge in [0.05, 0.1) is 0 Å². The minimum Gasteiger partial charge on any atom is -0.317 e. The van der Waals surface area contributed by atoms with E-state index in [2.05, 4.69) is 26.1 Å². The molecule has 0 atom stereocenters. The molecular weight excluding hydrogens is 286 g/mol. The Hall–Kier alpha value is -0.170. The zero-order valence-electron chi connectivity index (χ0n) is 13.8. The number of piperidine rings is 2. The first-order valence-electron chi connectivity index (χ1n) is 8.31. The molecule has 0 spiro atoms. The van der Waals surface area contributed by atoms with Crippen LogP contribution in [-0.2, 0) is 10.2 Å². The average molecular weight is 317 g/mol. The minimum absolute atomic E-state index is 0.106. The van der Waals surface area contributed by atoms with Crippen molar-refractivity contribution in [3.63, 3.8) is 0 Å². The third-order valence-corrected chi connectivity index (χ3v) is 6.76. The zero-order chi connectivity index (χ0) is 15.5. The summed E-state index contributed by atoms with van der Waals surface area (Å²) in [5.74, 6) is 0.620. The quantitative estimate of drug-likeness (QED) is 0.839. The van der Waals surface area contributed by atoms with Crippen LogP contribution < -0.4 is 5.32 Å². The number of rotatable bonds is 5. The van der Waals surface area contributed by atoms with Gasteiger partial charge in [0, 0.05) is 26.2 Å². The van der Waals surface area contributed by atoms with Gasteiger partial charge in [0.15, 0.2) is 0 Å². The van der Waals surface area contributed by atoms with Gasteiger partial charge in [-0.3, -0.25) is 0 Å².